The van der Waals surface area contributed by atoms with Crippen LogP contribution >= 0.6 is 11.6 Å². The Hall–Kier alpha value is -1.96. The molecule has 0 aromatic heterocycles. The molecule has 2 aromatic rings. The van der Waals surface area contributed by atoms with E-state index >= 15 is 0 Å². The number of hydrogen-bond donors (Lipinski definition) is 2. The van der Waals surface area contributed by atoms with Crippen LogP contribution in [0.25, 0.3) is 0 Å². The van der Waals surface area contributed by atoms with E-state index in [9.17, 15) is 18.1 Å². The summed E-state index contributed by atoms with van der Waals surface area (Å²) >= 11 is 5.77. The zero-order valence-electron chi connectivity index (χ0n) is 11.8. The van der Waals surface area contributed by atoms with E-state index in [1.54, 1.807) is 19.9 Å². The Balaban J connectivity index is 2.44. The first-order chi connectivity index (χ1) is 10.2. The van der Waals surface area contributed by atoms with Crippen LogP contribution in [0.1, 0.15) is 11.1 Å². The number of phenols is 1. The average molecular weight is 341 g/mol. The zero-order chi connectivity index (χ0) is 16.5. The predicted octanol–water partition coefficient (Wildman–Crippen LogP) is 4.32. The van der Waals surface area contributed by atoms with Gasteiger partial charge < -0.3 is 5.11 Å². The van der Waals surface area contributed by atoms with Crippen molar-refractivity contribution in [3.05, 3.63) is 46.5 Å². The summed E-state index contributed by atoms with van der Waals surface area (Å²) in [6.45, 7) is 3.33. The van der Waals surface area contributed by atoms with Gasteiger partial charge in [-0.15, -0.1) is 0 Å². The number of aryl methyl sites for hydroxylation is 2. The van der Waals surface area contributed by atoms with Crippen LogP contribution in [-0.4, -0.2) is 18.1 Å². The van der Waals surface area contributed by atoms with Crippen LogP contribution < -0.4 is 0 Å². The molecule has 0 unspecified atom stereocenters. The van der Waals surface area contributed by atoms with Crippen LogP contribution in [0.4, 0.5) is 11.4 Å². The Morgan fingerprint density at radius 3 is 2.32 bits per heavy atom. The Bertz CT molecular complexity index is 863. The van der Waals surface area contributed by atoms with Crippen LogP contribution in [0, 0.1) is 13.8 Å². The number of phenolic OH excluding ortho intramolecular Hbond substituents is 1. The Kier molecular flexibility index (Phi) is 4.50. The first kappa shape index (κ1) is 16.4. The van der Waals surface area contributed by atoms with Crippen molar-refractivity contribution < 1.29 is 18.1 Å². The minimum atomic E-state index is -4.32. The van der Waals surface area contributed by atoms with Crippen molar-refractivity contribution in [1.82, 2.24) is 0 Å². The maximum absolute atomic E-state index is 11.3. The first-order valence-corrected chi connectivity index (χ1v) is 7.99. The van der Waals surface area contributed by atoms with Gasteiger partial charge in [-0.1, -0.05) is 17.7 Å². The van der Waals surface area contributed by atoms with Crippen molar-refractivity contribution in [2.24, 2.45) is 10.2 Å². The highest BCUT2D eigenvalue weighted by Gasteiger charge is 2.15. The maximum Gasteiger partial charge on any atom is 0.294 e. The number of rotatable bonds is 3. The maximum atomic E-state index is 11.3. The third-order valence-electron chi connectivity index (χ3n) is 2.98. The highest BCUT2D eigenvalue weighted by molar-refractivity contribution is 7.85. The van der Waals surface area contributed by atoms with Gasteiger partial charge in [0.2, 0.25) is 0 Å². The molecule has 2 rings (SSSR count). The fourth-order valence-electron chi connectivity index (χ4n) is 1.88. The molecule has 0 saturated heterocycles. The molecule has 2 N–H and O–H groups in total. The molecule has 6 nitrogen and oxygen atoms in total. The Labute approximate surface area is 132 Å². The van der Waals surface area contributed by atoms with Crippen molar-refractivity contribution in [1.29, 1.82) is 0 Å². The minimum Gasteiger partial charge on any atom is -0.506 e. The van der Waals surface area contributed by atoms with Crippen LogP contribution in [0.2, 0.25) is 5.02 Å². The molecule has 0 fully saturated rings. The summed E-state index contributed by atoms with van der Waals surface area (Å²) in [5, 5.41) is 17.4. The number of nitrogens with zero attached hydrogens (tertiary/aromatic N) is 2. The summed E-state index contributed by atoms with van der Waals surface area (Å²) in [5.41, 5.74) is 1.84. The first-order valence-electron chi connectivity index (χ1n) is 6.17. The third-order valence-corrected chi connectivity index (χ3v) is 4.27. The van der Waals surface area contributed by atoms with E-state index in [1.165, 1.54) is 24.3 Å². The fraction of sp³-hybridized carbons (Fsp3) is 0.143. The van der Waals surface area contributed by atoms with Crippen molar-refractivity contribution in [2.75, 3.05) is 0 Å². The number of halogens is 1. The molecule has 0 aliphatic heterocycles. The molecule has 0 bridgehead atoms. The summed E-state index contributed by atoms with van der Waals surface area (Å²) in [4.78, 5) is -0.212. The van der Waals surface area contributed by atoms with E-state index in [1.807, 2.05) is 0 Å². The van der Waals surface area contributed by atoms with Gasteiger partial charge in [0.1, 0.15) is 5.75 Å². The van der Waals surface area contributed by atoms with Gasteiger partial charge in [-0.05, 0) is 49.2 Å². The van der Waals surface area contributed by atoms with Gasteiger partial charge in [0.15, 0.2) is 0 Å². The van der Waals surface area contributed by atoms with Gasteiger partial charge in [-0.2, -0.15) is 18.6 Å². The number of azo groups is 1. The Morgan fingerprint density at radius 2 is 1.73 bits per heavy atom. The monoisotopic (exact) mass is 340 g/mol. The van der Waals surface area contributed by atoms with Gasteiger partial charge in [0.25, 0.3) is 10.1 Å². The summed E-state index contributed by atoms with van der Waals surface area (Å²) in [5.74, 6) is -0.0687. The van der Waals surface area contributed by atoms with Gasteiger partial charge in [-0.3, -0.25) is 4.55 Å². The third kappa shape index (κ3) is 3.62. The predicted molar refractivity (Wildman–Crippen MR) is 83.0 cm³/mol. The lowest BCUT2D eigenvalue weighted by Gasteiger charge is -2.06. The standard InChI is InChI=1S/C14H13ClN2O4S/c1-8-5-9(2)14(22(19,20)21)7-12(8)17-16-10-3-4-13(18)11(15)6-10/h3-7,18H,1-2H3,(H,19,20,21)/b17-16+. The second-order valence-corrected chi connectivity index (χ2v) is 6.51. The lowest BCUT2D eigenvalue weighted by atomic mass is 10.1. The molecule has 2 aromatic carbocycles. The van der Waals surface area contributed by atoms with E-state index in [4.69, 9.17) is 11.6 Å². The fourth-order valence-corrected chi connectivity index (χ4v) is 2.78. The summed E-state index contributed by atoms with van der Waals surface area (Å²) in [7, 11) is -4.32. The lowest BCUT2D eigenvalue weighted by molar-refractivity contribution is 0.475. The van der Waals surface area contributed by atoms with Crippen molar-refractivity contribution in [3.8, 4) is 5.75 Å². The van der Waals surface area contributed by atoms with Gasteiger partial charge in [-0.25, -0.2) is 0 Å². The van der Waals surface area contributed by atoms with E-state index in [0.29, 0.717) is 22.5 Å². The smallest absolute Gasteiger partial charge is 0.294 e. The largest absolute Gasteiger partial charge is 0.506 e. The quantitative estimate of drug-likeness (QED) is 0.641. The van der Waals surface area contributed by atoms with E-state index in [-0.39, 0.29) is 15.7 Å². The van der Waals surface area contributed by atoms with Gasteiger partial charge in [0, 0.05) is 0 Å². The number of benzene rings is 2. The van der Waals surface area contributed by atoms with Crippen LogP contribution in [0.15, 0.2) is 45.5 Å². The van der Waals surface area contributed by atoms with Crippen LogP contribution in [0.3, 0.4) is 0 Å². The highest BCUT2D eigenvalue weighted by Crippen LogP contribution is 2.31. The molecule has 0 amide bonds. The van der Waals surface area contributed by atoms with E-state index in [2.05, 4.69) is 10.2 Å². The lowest BCUT2D eigenvalue weighted by Crippen LogP contribution is -2.01. The minimum absolute atomic E-state index is 0.0687. The molecule has 0 heterocycles. The zero-order valence-corrected chi connectivity index (χ0v) is 13.4. The highest BCUT2D eigenvalue weighted by atomic mass is 35.5. The molecule has 0 atom stereocenters. The second kappa shape index (κ2) is 6.04. The van der Waals surface area contributed by atoms with Crippen molar-refractivity contribution >= 4 is 33.1 Å². The summed E-state index contributed by atoms with van der Waals surface area (Å²) < 4.78 is 31.8. The van der Waals surface area contributed by atoms with Crippen LogP contribution in [-0.2, 0) is 10.1 Å². The number of hydrogen-bond acceptors (Lipinski definition) is 5. The molecule has 22 heavy (non-hydrogen) atoms. The molecular weight excluding hydrogens is 328 g/mol. The van der Waals surface area contributed by atoms with E-state index in [0.717, 1.165) is 0 Å². The summed E-state index contributed by atoms with van der Waals surface area (Å²) in [6, 6.07) is 7.17. The average Bonchev–Trinajstić information content (AvgIpc) is 2.40. The molecule has 0 spiro atoms. The number of aromatic hydroxyl groups is 1. The molecule has 8 heteroatoms. The molecular formula is C14H13ClN2O4S. The molecule has 116 valence electrons. The molecule has 0 aliphatic carbocycles. The Morgan fingerprint density at radius 1 is 1.05 bits per heavy atom. The molecule has 0 aliphatic rings. The normalized spacial score (nSPS) is 12.0. The van der Waals surface area contributed by atoms with Crippen molar-refractivity contribution in [2.45, 2.75) is 18.7 Å². The van der Waals surface area contributed by atoms with Gasteiger partial charge >= 0.3 is 0 Å². The second-order valence-electron chi connectivity index (χ2n) is 4.71. The van der Waals surface area contributed by atoms with E-state index < -0.39 is 10.1 Å². The molecule has 0 radical (unpaired) electrons. The SMILES string of the molecule is Cc1cc(C)c(S(=O)(=O)O)cc1/N=N/c1ccc(O)c(Cl)c1. The van der Waals surface area contributed by atoms with Gasteiger partial charge in [0.05, 0.1) is 21.3 Å². The topological polar surface area (TPSA) is 99.3 Å². The van der Waals surface area contributed by atoms with Crippen LogP contribution in [0.5, 0.6) is 5.75 Å². The molecule has 0 saturated carbocycles. The van der Waals surface area contributed by atoms with Crippen molar-refractivity contribution in [3.63, 3.8) is 0 Å². The summed E-state index contributed by atoms with van der Waals surface area (Å²) in [6.07, 6.45) is 0.